The van der Waals surface area contributed by atoms with Crippen LogP contribution in [0.1, 0.15) is 28.3 Å². The molecule has 134 valence electrons. The number of benzene rings is 1. The van der Waals surface area contributed by atoms with Crippen LogP contribution in [0.25, 0.3) is 11.3 Å². The Bertz CT molecular complexity index is 1100. The van der Waals surface area contributed by atoms with E-state index in [0.29, 0.717) is 40.8 Å². The lowest BCUT2D eigenvalue weighted by atomic mass is 10.1. The average Bonchev–Trinajstić information content (AvgIpc) is 3.21. The van der Waals surface area contributed by atoms with Gasteiger partial charge in [0.15, 0.2) is 11.7 Å². The summed E-state index contributed by atoms with van der Waals surface area (Å²) in [5, 5.41) is 0. The zero-order valence-corrected chi connectivity index (χ0v) is 15.7. The van der Waals surface area contributed by atoms with Gasteiger partial charge in [-0.3, -0.25) is 4.98 Å². The van der Waals surface area contributed by atoms with Crippen molar-refractivity contribution in [3.8, 4) is 11.3 Å². The molecule has 0 unspecified atom stereocenters. The van der Waals surface area contributed by atoms with Gasteiger partial charge < -0.3 is 4.42 Å². The minimum atomic E-state index is -3.63. The molecule has 26 heavy (non-hydrogen) atoms. The van der Waals surface area contributed by atoms with Gasteiger partial charge in [-0.15, -0.1) is 0 Å². The van der Waals surface area contributed by atoms with Gasteiger partial charge in [0, 0.05) is 37.5 Å². The Labute approximate surface area is 152 Å². The molecule has 0 amide bonds. The topological polar surface area (TPSA) is 76.3 Å². The van der Waals surface area contributed by atoms with Crippen molar-refractivity contribution < 1.29 is 12.8 Å². The maximum absolute atomic E-state index is 13.3. The number of pyridine rings is 1. The first-order valence-corrected chi connectivity index (χ1v) is 9.76. The third kappa shape index (κ3) is 2.83. The van der Waals surface area contributed by atoms with E-state index in [4.69, 9.17) is 4.42 Å². The van der Waals surface area contributed by atoms with Crippen molar-refractivity contribution in [3.05, 3.63) is 64.9 Å². The first-order valence-electron chi connectivity index (χ1n) is 8.32. The van der Waals surface area contributed by atoms with Crippen molar-refractivity contribution in [2.75, 3.05) is 0 Å². The lowest BCUT2D eigenvalue weighted by molar-refractivity contribution is 0.431. The second kappa shape index (κ2) is 6.03. The molecule has 1 aromatic carbocycles. The summed E-state index contributed by atoms with van der Waals surface area (Å²) in [6.45, 7) is 6.18. The smallest absolute Gasteiger partial charge is 0.243 e. The summed E-state index contributed by atoms with van der Waals surface area (Å²) in [7, 11) is -3.63. The number of aryl methyl sites for hydroxylation is 3. The van der Waals surface area contributed by atoms with Gasteiger partial charge in [-0.2, -0.15) is 4.31 Å². The number of fused-ring (bicyclic) bond motifs is 1. The molecule has 1 aliphatic rings. The van der Waals surface area contributed by atoms with Crippen LogP contribution in [0.5, 0.6) is 0 Å². The minimum absolute atomic E-state index is 0.293. The van der Waals surface area contributed by atoms with Crippen molar-refractivity contribution in [2.45, 2.75) is 38.8 Å². The highest BCUT2D eigenvalue weighted by Gasteiger charge is 2.32. The summed E-state index contributed by atoms with van der Waals surface area (Å²) in [6, 6.07) is 7.26. The van der Waals surface area contributed by atoms with Crippen LogP contribution in [0.3, 0.4) is 0 Å². The van der Waals surface area contributed by atoms with Crippen molar-refractivity contribution in [1.82, 2.24) is 14.3 Å². The van der Waals surface area contributed by atoms with Gasteiger partial charge in [0.05, 0.1) is 11.1 Å². The van der Waals surface area contributed by atoms with Crippen molar-refractivity contribution in [3.63, 3.8) is 0 Å². The molecule has 6 nitrogen and oxygen atoms in total. The second-order valence-electron chi connectivity index (χ2n) is 6.59. The standard InChI is InChI=1S/C19H19N3O3S/c1-12-4-5-15(18-9-21-14(3)25-18)7-19(12)26(23,24)22-10-16-6-13(2)20-8-17(16)11-22/h4-9H,10-11H2,1-3H3. The summed E-state index contributed by atoms with van der Waals surface area (Å²) >= 11 is 0. The van der Waals surface area contributed by atoms with E-state index < -0.39 is 10.0 Å². The number of hydrogen-bond acceptors (Lipinski definition) is 5. The summed E-state index contributed by atoms with van der Waals surface area (Å²) in [5.41, 5.74) is 4.26. The Kier molecular flexibility index (Phi) is 3.93. The molecule has 0 saturated heterocycles. The van der Waals surface area contributed by atoms with Crippen molar-refractivity contribution >= 4 is 10.0 Å². The Morgan fingerprint density at radius 3 is 2.50 bits per heavy atom. The lowest BCUT2D eigenvalue weighted by Gasteiger charge is -2.17. The van der Waals surface area contributed by atoms with Gasteiger partial charge >= 0.3 is 0 Å². The lowest BCUT2D eigenvalue weighted by Crippen LogP contribution is -2.26. The largest absolute Gasteiger partial charge is 0.441 e. The Hall–Kier alpha value is -2.51. The van der Waals surface area contributed by atoms with E-state index in [9.17, 15) is 8.42 Å². The van der Waals surface area contributed by atoms with Crippen LogP contribution in [0.4, 0.5) is 0 Å². The van der Waals surface area contributed by atoms with Gasteiger partial charge in [0.25, 0.3) is 0 Å². The van der Waals surface area contributed by atoms with E-state index >= 15 is 0 Å². The number of nitrogens with zero attached hydrogens (tertiary/aromatic N) is 3. The fraction of sp³-hybridized carbons (Fsp3) is 0.263. The molecule has 0 fully saturated rings. The van der Waals surface area contributed by atoms with Crippen LogP contribution >= 0.6 is 0 Å². The first-order chi connectivity index (χ1) is 12.3. The van der Waals surface area contributed by atoms with Gasteiger partial charge in [-0.1, -0.05) is 12.1 Å². The molecule has 1 aliphatic heterocycles. The van der Waals surface area contributed by atoms with Crippen molar-refractivity contribution in [1.29, 1.82) is 0 Å². The second-order valence-corrected chi connectivity index (χ2v) is 8.50. The first kappa shape index (κ1) is 16.9. The van der Waals surface area contributed by atoms with E-state index in [1.807, 2.05) is 19.1 Å². The predicted octanol–water partition coefficient (Wildman–Crippen LogP) is 3.37. The molecule has 0 N–H and O–H groups in total. The van der Waals surface area contributed by atoms with Crippen LogP contribution in [0.15, 0.2) is 46.0 Å². The number of oxazole rings is 1. The maximum Gasteiger partial charge on any atom is 0.243 e. The summed E-state index contributed by atoms with van der Waals surface area (Å²) in [4.78, 5) is 8.65. The zero-order valence-electron chi connectivity index (χ0n) is 14.9. The molecule has 3 heterocycles. The molecule has 4 rings (SSSR count). The number of sulfonamides is 1. The van der Waals surface area contributed by atoms with E-state index in [0.717, 1.165) is 16.8 Å². The Morgan fingerprint density at radius 1 is 1.00 bits per heavy atom. The normalized spacial score (nSPS) is 14.6. The third-order valence-corrected chi connectivity index (χ3v) is 6.56. The van der Waals surface area contributed by atoms with Crippen LogP contribution in [-0.4, -0.2) is 22.7 Å². The Morgan fingerprint density at radius 2 is 1.77 bits per heavy atom. The van der Waals surface area contributed by atoms with Crippen LogP contribution in [0.2, 0.25) is 0 Å². The molecule has 0 aliphatic carbocycles. The summed E-state index contributed by atoms with van der Waals surface area (Å²) in [5.74, 6) is 1.10. The fourth-order valence-corrected chi connectivity index (χ4v) is 4.85. The van der Waals surface area contributed by atoms with Gasteiger partial charge in [-0.05, 0) is 42.7 Å². The van der Waals surface area contributed by atoms with Gasteiger partial charge in [0.1, 0.15) is 0 Å². The molecule has 7 heteroatoms. The fourth-order valence-electron chi connectivity index (χ4n) is 3.21. The van der Waals surface area contributed by atoms with Gasteiger partial charge in [0.2, 0.25) is 10.0 Å². The number of aromatic nitrogens is 2. The molecule has 2 aromatic heterocycles. The number of rotatable bonds is 3. The van der Waals surface area contributed by atoms with Crippen molar-refractivity contribution in [2.24, 2.45) is 0 Å². The average molecular weight is 369 g/mol. The monoisotopic (exact) mass is 369 g/mol. The van der Waals surface area contributed by atoms with Crippen LogP contribution in [-0.2, 0) is 23.1 Å². The molecule has 0 radical (unpaired) electrons. The third-order valence-electron chi connectivity index (χ3n) is 4.62. The maximum atomic E-state index is 13.3. The molecular weight excluding hydrogens is 350 g/mol. The van der Waals surface area contributed by atoms with E-state index in [2.05, 4.69) is 9.97 Å². The SMILES string of the molecule is Cc1cc2c(cn1)CN(S(=O)(=O)c1cc(-c3cnc(C)o3)ccc1C)C2. The quantitative estimate of drug-likeness (QED) is 0.707. The number of hydrogen-bond donors (Lipinski definition) is 0. The van der Waals surface area contributed by atoms with E-state index in [-0.39, 0.29) is 0 Å². The van der Waals surface area contributed by atoms with Gasteiger partial charge in [-0.25, -0.2) is 13.4 Å². The predicted molar refractivity (Wildman–Crippen MR) is 96.8 cm³/mol. The van der Waals surface area contributed by atoms with Crippen LogP contribution < -0.4 is 0 Å². The Balaban J connectivity index is 1.73. The molecule has 3 aromatic rings. The minimum Gasteiger partial charge on any atom is -0.441 e. The molecule has 0 bridgehead atoms. The highest BCUT2D eigenvalue weighted by molar-refractivity contribution is 7.89. The highest BCUT2D eigenvalue weighted by atomic mass is 32.2. The zero-order chi connectivity index (χ0) is 18.5. The molecular formula is C19H19N3O3S. The molecule has 0 saturated carbocycles. The summed E-state index contributed by atoms with van der Waals surface area (Å²) < 4.78 is 33.5. The highest BCUT2D eigenvalue weighted by Crippen LogP contribution is 2.32. The molecule has 0 spiro atoms. The van der Waals surface area contributed by atoms with E-state index in [1.54, 1.807) is 38.4 Å². The molecule has 0 atom stereocenters. The summed E-state index contributed by atoms with van der Waals surface area (Å²) in [6.07, 6.45) is 3.37. The van der Waals surface area contributed by atoms with Crippen LogP contribution in [0, 0.1) is 20.8 Å². The van der Waals surface area contributed by atoms with E-state index in [1.165, 1.54) is 4.31 Å².